The fourth-order valence-electron chi connectivity index (χ4n) is 2.13. The summed E-state index contributed by atoms with van der Waals surface area (Å²) >= 11 is 0. The van der Waals surface area contributed by atoms with E-state index in [1.54, 1.807) is 4.52 Å². The maximum atomic E-state index is 5.58. The number of aryl methyl sites for hydroxylation is 2. The Bertz CT molecular complexity index is 707. The second-order valence-electron chi connectivity index (χ2n) is 4.38. The lowest BCUT2D eigenvalue weighted by Crippen LogP contribution is -1.98. The Hall–Kier alpha value is -2.14. The number of rotatable bonds is 2. The molecule has 0 atom stereocenters. The van der Waals surface area contributed by atoms with Crippen molar-refractivity contribution in [3.8, 4) is 11.4 Å². The van der Waals surface area contributed by atoms with E-state index in [4.69, 9.17) is 5.73 Å². The average molecular weight is 241 g/mol. The molecule has 0 radical (unpaired) electrons. The second kappa shape index (κ2) is 3.96. The van der Waals surface area contributed by atoms with Gasteiger partial charge in [-0.1, -0.05) is 24.3 Å². The summed E-state index contributed by atoms with van der Waals surface area (Å²) in [6.07, 6.45) is 1.87. The Morgan fingerprint density at radius 1 is 1.28 bits per heavy atom. The van der Waals surface area contributed by atoms with Crippen molar-refractivity contribution < 1.29 is 0 Å². The van der Waals surface area contributed by atoms with Gasteiger partial charge in [0.1, 0.15) is 0 Å². The summed E-state index contributed by atoms with van der Waals surface area (Å²) in [7, 11) is 1.97. The molecule has 3 rings (SSSR count). The monoisotopic (exact) mass is 241 g/mol. The second-order valence-corrected chi connectivity index (χ2v) is 4.38. The Morgan fingerprint density at radius 3 is 2.72 bits per heavy atom. The summed E-state index contributed by atoms with van der Waals surface area (Å²) in [6.45, 7) is 2.52. The van der Waals surface area contributed by atoms with Crippen LogP contribution in [0.3, 0.4) is 0 Å². The number of aromatic nitrogens is 4. The van der Waals surface area contributed by atoms with Crippen LogP contribution >= 0.6 is 0 Å². The number of hydrogen-bond donors (Lipinski definition) is 1. The molecular weight excluding hydrogens is 226 g/mol. The first-order chi connectivity index (χ1) is 8.70. The molecule has 0 spiro atoms. The van der Waals surface area contributed by atoms with Gasteiger partial charge < -0.3 is 5.73 Å². The van der Waals surface area contributed by atoms with Crippen molar-refractivity contribution in [2.24, 2.45) is 12.8 Å². The van der Waals surface area contributed by atoms with Crippen molar-refractivity contribution in [1.29, 1.82) is 0 Å². The van der Waals surface area contributed by atoms with Gasteiger partial charge in [0.25, 0.3) is 0 Å². The molecule has 0 unspecified atom stereocenters. The van der Waals surface area contributed by atoms with Crippen LogP contribution in [-0.4, -0.2) is 19.2 Å². The predicted octanol–water partition coefficient (Wildman–Crippen LogP) is 1.50. The van der Waals surface area contributed by atoms with Crippen LogP contribution in [0.5, 0.6) is 0 Å². The third-order valence-corrected chi connectivity index (χ3v) is 3.14. The van der Waals surface area contributed by atoms with Gasteiger partial charge in [0.05, 0.1) is 11.9 Å². The Morgan fingerprint density at radius 2 is 2.06 bits per heavy atom. The van der Waals surface area contributed by atoms with Gasteiger partial charge in [-0.15, -0.1) is 5.10 Å². The minimum atomic E-state index is 0.434. The molecule has 0 aliphatic rings. The van der Waals surface area contributed by atoms with Crippen molar-refractivity contribution in [2.75, 3.05) is 0 Å². The van der Waals surface area contributed by atoms with Crippen molar-refractivity contribution in [3.63, 3.8) is 0 Å². The third kappa shape index (κ3) is 1.52. The van der Waals surface area contributed by atoms with Gasteiger partial charge in [0.15, 0.2) is 5.82 Å². The number of nitrogens with zero attached hydrogens (tertiary/aromatic N) is 4. The van der Waals surface area contributed by atoms with E-state index in [1.165, 1.54) is 5.56 Å². The van der Waals surface area contributed by atoms with E-state index >= 15 is 0 Å². The summed E-state index contributed by atoms with van der Waals surface area (Å²) in [6, 6.07) is 8.20. The number of fused-ring (bicyclic) bond motifs is 1. The fraction of sp³-hybridized carbons (Fsp3) is 0.231. The van der Waals surface area contributed by atoms with Crippen LogP contribution in [0, 0.1) is 6.92 Å². The molecule has 0 amide bonds. The zero-order valence-corrected chi connectivity index (χ0v) is 10.5. The molecule has 5 heteroatoms. The van der Waals surface area contributed by atoms with Gasteiger partial charge >= 0.3 is 0 Å². The third-order valence-electron chi connectivity index (χ3n) is 3.14. The molecule has 0 fully saturated rings. The minimum Gasteiger partial charge on any atom is -0.325 e. The van der Waals surface area contributed by atoms with E-state index in [0.717, 1.165) is 22.9 Å². The van der Waals surface area contributed by atoms with Crippen LogP contribution in [0.2, 0.25) is 0 Å². The Kier molecular flexibility index (Phi) is 2.41. The normalized spacial score (nSPS) is 11.3. The molecule has 2 N–H and O–H groups in total. The Labute approximate surface area is 105 Å². The largest absolute Gasteiger partial charge is 0.325 e. The van der Waals surface area contributed by atoms with Crippen molar-refractivity contribution >= 4 is 5.78 Å². The van der Waals surface area contributed by atoms with E-state index in [1.807, 2.05) is 29.9 Å². The van der Waals surface area contributed by atoms with Crippen molar-refractivity contribution in [2.45, 2.75) is 13.5 Å². The van der Waals surface area contributed by atoms with E-state index in [0.29, 0.717) is 6.54 Å². The van der Waals surface area contributed by atoms with Crippen molar-refractivity contribution in [3.05, 3.63) is 41.7 Å². The van der Waals surface area contributed by atoms with Crippen LogP contribution in [-0.2, 0) is 13.6 Å². The maximum absolute atomic E-state index is 5.58. The summed E-state index contributed by atoms with van der Waals surface area (Å²) in [5.74, 6) is 1.73. The lowest BCUT2D eigenvalue weighted by atomic mass is 10.1. The minimum absolute atomic E-state index is 0.434. The zero-order valence-electron chi connectivity index (χ0n) is 10.5. The molecule has 0 bridgehead atoms. The first-order valence-electron chi connectivity index (χ1n) is 5.87. The van der Waals surface area contributed by atoms with Gasteiger partial charge in [-0.3, -0.25) is 4.57 Å². The highest BCUT2D eigenvalue weighted by atomic mass is 15.4. The van der Waals surface area contributed by atoms with Crippen LogP contribution in [0.1, 0.15) is 11.3 Å². The highest BCUT2D eigenvalue weighted by Gasteiger charge is 2.13. The highest BCUT2D eigenvalue weighted by Crippen LogP contribution is 2.22. The van der Waals surface area contributed by atoms with Gasteiger partial charge in [0.2, 0.25) is 5.78 Å². The molecule has 18 heavy (non-hydrogen) atoms. The van der Waals surface area contributed by atoms with Gasteiger partial charge in [-0.25, -0.2) is 9.50 Å². The van der Waals surface area contributed by atoms with Crippen molar-refractivity contribution in [1.82, 2.24) is 19.2 Å². The molecule has 0 saturated carbocycles. The summed E-state index contributed by atoms with van der Waals surface area (Å²) in [5.41, 5.74) is 8.76. The molecule has 0 saturated heterocycles. The first-order valence-corrected chi connectivity index (χ1v) is 5.87. The zero-order chi connectivity index (χ0) is 12.7. The molecule has 2 aromatic heterocycles. The summed E-state index contributed by atoms with van der Waals surface area (Å²) in [4.78, 5) is 4.44. The van der Waals surface area contributed by atoms with Gasteiger partial charge in [-0.2, -0.15) is 0 Å². The van der Waals surface area contributed by atoms with E-state index in [9.17, 15) is 0 Å². The van der Waals surface area contributed by atoms with Crippen LogP contribution in [0.4, 0.5) is 0 Å². The average Bonchev–Trinajstić information content (AvgIpc) is 2.90. The highest BCUT2D eigenvalue weighted by molar-refractivity contribution is 5.62. The van der Waals surface area contributed by atoms with E-state index in [-0.39, 0.29) is 0 Å². The first kappa shape index (κ1) is 11.0. The molecule has 0 aliphatic carbocycles. The lowest BCUT2D eigenvalue weighted by molar-refractivity contribution is 0.922. The molecule has 2 heterocycles. The van der Waals surface area contributed by atoms with Gasteiger partial charge in [0, 0.05) is 19.2 Å². The summed E-state index contributed by atoms with van der Waals surface area (Å²) < 4.78 is 3.77. The topological polar surface area (TPSA) is 61.1 Å². The number of benzene rings is 1. The maximum Gasteiger partial charge on any atom is 0.232 e. The van der Waals surface area contributed by atoms with Crippen LogP contribution in [0.15, 0.2) is 30.5 Å². The van der Waals surface area contributed by atoms with Crippen LogP contribution < -0.4 is 5.73 Å². The number of nitrogens with two attached hydrogens (primary N) is 1. The molecule has 0 aliphatic heterocycles. The van der Waals surface area contributed by atoms with Gasteiger partial charge in [-0.05, 0) is 12.5 Å². The van der Waals surface area contributed by atoms with E-state index in [2.05, 4.69) is 29.1 Å². The van der Waals surface area contributed by atoms with Crippen LogP contribution in [0.25, 0.3) is 17.2 Å². The smallest absolute Gasteiger partial charge is 0.232 e. The number of imidazole rings is 1. The molecule has 3 aromatic rings. The molecular formula is C13H15N5. The predicted molar refractivity (Wildman–Crippen MR) is 70.0 cm³/mol. The molecule has 5 nitrogen and oxygen atoms in total. The quantitative estimate of drug-likeness (QED) is 0.739. The SMILES string of the molecule is Cc1ccccc1-c1nn2cc(CN)nc2n1C. The van der Waals surface area contributed by atoms with E-state index < -0.39 is 0 Å². The molecule has 1 aromatic carbocycles. The number of hydrogen-bond acceptors (Lipinski definition) is 3. The fourth-order valence-corrected chi connectivity index (χ4v) is 2.13. The lowest BCUT2D eigenvalue weighted by Gasteiger charge is -2.03. The standard InChI is InChI=1S/C13H15N5/c1-9-5-3-4-6-11(9)12-16-18-8-10(7-14)15-13(18)17(12)2/h3-6,8H,7,14H2,1-2H3. The molecule has 92 valence electrons. The Balaban J connectivity index is 2.22. The summed E-state index contributed by atoms with van der Waals surface area (Å²) in [5, 5.41) is 4.57.